The molecule has 0 aliphatic heterocycles. The van der Waals surface area contributed by atoms with Gasteiger partial charge < -0.3 is 14.6 Å². The smallest absolute Gasteiger partial charge is 0.203 e. The van der Waals surface area contributed by atoms with E-state index >= 15 is 0 Å². The van der Waals surface area contributed by atoms with Gasteiger partial charge in [-0.05, 0) is 23.3 Å². The van der Waals surface area contributed by atoms with Gasteiger partial charge in [-0.1, -0.05) is 30.3 Å². The first-order chi connectivity index (χ1) is 8.26. The summed E-state index contributed by atoms with van der Waals surface area (Å²) < 4.78 is 10.3. The average molecular weight is 230 g/mol. The van der Waals surface area contributed by atoms with Crippen molar-refractivity contribution in [2.45, 2.75) is 0 Å². The second-order valence-corrected chi connectivity index (χ2v) is 3.60. The van der Waals surface area contributed by atoms with Crippen LogP contribution in [0.4, 0.5) is 0 Å². The predicted molar refractivity (Wildman–Crippen MR) is 66.6 cm³/mol. The van der Waals surface area contributed by atoms with Crippen LogP contribution in [0.3, 0.4) is 0 Å². The normalized spacial score (nSPS) is 10.0. The molecule has 1 N–H and O–H groups in total. The maximum Gasteiger partial charge on any atom is 0.203 e. The van der Waals surface area contributed by atoms with Crippen LogP contribution >= 0.6 is 0 Å². The van der Waals surface area contributed by atoms with Gasteiger partial charge in [-0.25, -0.2) is 0 Å². The molecule has 0 radical (unpaired) electrons. The van der Waals surface area contributed by atoms with Crippen molar-refractivity contribution in [3.8, 4) is 28.4 Å². The minimum atomic E-state index is 0.0747. The molecule has 0 saturated carbocycles. The fourth-order valence-electron chi connectivity index (χ4n) is 1.74. The van der Waals surface area contributed by atoms with Gasteiger partial charge in [0, 0.05) is 0 Å². The number of ether oxygens (including phenoxy) is 2. The maximum atomic E-state index is 9.86. The Balaban J connectivity index is 2.54. The van der Waals surface area contributed by atoms with Crippen molar-refractivity contribution in [1.82, 2.24) is 0 Å². The van der Waals surface area contributed by atoms with E-state index in [4.69, 9.17) is 9.47 Å². The first kappa shape index (κ1) is 11.3. The lowest BCUT2D eigenvalue weighted by Gasteiger charge is -2.11. The molecule has 0 bridgehead atoms. The monoisotopic (exact) mass is 230 g/mol. The Kier molecular flexibility index (Phi) is 3.19. The Morgan fingerprint density at radius 2 is 1.59 bits per heavy atom. The van der Waals surface area contributed by atoms with E-state index < -0.39 is 0 Å². The number of methoxy groups -OCH3 is 2. The highest BCUT2D eigenvalue weighted by Gasteiger charge is 2.12. The standard InChI is InChI=1S/C14H14O3/c1-16-13-9-11(8-12(15)14(13)17-2)10-6-4-3-5-7-10/h3-9,15H,1-2H3. The minimum absolute atomic E-state index is 0.0747. The predicted octanol–water partition coefficient (Wildman–Crippen LogP) is 3.08. The van der Waals surface area contributed by atoms with Crippen molar-refractivity contribution in [2.75, 3.05) is 14.2 Å². The third-order valence-electron chi connectivity index (χ3n) is 2.57. The van der Waals surface area contributed by atoms with E-state index in [0.717, 1.165) is 11.1 Å². The molecule has 17 heavy (non-hydrogen) atoms. The van der Waals surface area contributed by atoms with E-state index in [1.807, 2.05) is 36.4 Å². The number of hydrogen-bond acceptors (Lipinski definition) is 3. The second kappa shape index (κ2) is 4.78. The van der Waals surface area contributed by atoms with E-state index in [-0.39, 0.29) is 5.75 Å². The molecule has 0 amide bonds. The molecule has 2 aromatic rings. The van der Waals surface area contributed by atoms with Crippen LogP contribution < -0.4 is 9.47 Å². The minimum Gasteiger partial charge on any atom is -0.504 e. The van der Waals surface area contributed by atoms with Gasteiger partial charge in [-0.2, -0.15) is 0 Å². The number of phenols is 1. The molecule has 0 unspecified atom stereocenters. The summed E-state index contributed by atoms with van der Waals surface area (Å²) in [6.45, 7) is 0. The third kappa shape index (κ3) is 2.18. The molecule has 0 aliphatic rings. The van der Waals surface area contributed by atoms with Crippen LogP contribution in [0.15, 0.2) is 42.5 Å². The highest BCUT2D eigenvalue weighted by atomic mass is 16.5. The number of phenolic OH excluding ortho intramolecular Hbond substituents is 1. The zero-order valence-corrected chi connectivity index (χ0v) is 9.81. The van der Waals surface area contributed by atoms with Crippen LogP contribution in [-0.4, -0.2) is 19.3 Å². The summed E-state index contributed by atoms with van der Waals surface area (Å²) >= 11 is 0. The number of rotatable bonds is 3. The Labute approximate surface area is 100 Å². The summed E-state index contributed by atoms with van der Waals surface area (Å²) in [7, 11) is 3.05. The lowest BCUT2D eigenvalue weighted by molar-refractivity contribution is 0.333. The number of aromatic hydroxyl groups is 1. The molecule has 2 rings (SSSR count). The maximum absolute atomic E-state index is 9.86. The first-order valence-corrected chi connectivity index (χ1v) is 5.26. The van der Waals surface area contributed by atoms with Crippen LogP contribution in [-0.2, 0) is 0 Å². The van der Waals surface area contributed by atoms with Gasteiger partial charge >= 0.3 is 0 Å². The quantitative estimate of drug-likeness (QED) is 0.880. The van der Waals surface area contributed by atoms with Crippen LogP contribution in [0.5, 0.6) is 17.2 Å². The van der Waals surface area contributed by atoms with Gasteiger partial charge in [-0.15, -0.1) is 0 Å². The molecule has 0 aliphatic carbocycles. The molecule has 2 aromatic carbocycles. The van der Waals surface area contributed by atoms with Crippen LogP contribution in [0, 0.1) is 0 Å². The summed E-state index contributed by atoms with van der Waals surface area (Å²) in [6.07, 6.45) is 0. The van der Waals surface area contributed by atoms with E-state index in [9.17, 15) is 5.11 Å². The first-order valence-electron chi connectivity index (χ1n) is 5.26. The lowest BCUT2D eigenvalue weighted by atomic mass is 10.0. The Morgan fingerprint density at radius 1 is 0.882 bits per heavy atom. The van der Waals surface area contributed by atoms with Gasteiger partial charge in [0.05, 0.1) is 14.2 Å². The molecule has 0 saturated heterocycles. The van der Waals surface area contributed by atoms with Gasteiger partial charge in [-0.3, -0.25) is 0 Å². The summed E-state index contributed by atoms with van der Waals surface area (Å²) in [5.74, 6) is 0.948. The second-order valence-electron chi connectivity index (χ2n) is 3.60. The Hall–Kier alpha value is -2.16. The number of hydrogen-bond donors (Lipinski definition) is 1. The highest BCUT2D eigenvalue weighted by Crippen LogP contribution is 2.40. The molecular formula is C14H14O3. The molecule has 0 atom stereocenters. The van der Waals surface area contributed by atoms with Crippen molar-refractivity contribution in [3.05, 3.63) is 42.5 Å². The largest absolute Gasteiger partial charge is 0.504 e. The van der Waals surface area contributed by atoms with E-state index in [0.29, 0.717) is 11.5 Å². The molecule has 3 nitrogen and oxygen atoms in total. The summed E-state index contributed by atoms with van der Waals surface area (Å²) in [4.78, 5) is 0. The average Bonchev–Trinajstić information content (AvgIpc) is 2.38. The summed E-state index contributed by atoms with van der Waals surface area (Å²) in [5.41, 5.74) is 1.91. The molecule has 0 aromatic heterocycles. The topological polar surface area (TPSA) is 38.7 Å². The SMILES string of the molecule is COc1cc(-c2ccccc2)cc(O)c1OC. The molecular weight excluding hydrogens is 216 g/mol. The molecule has 3 heteroatoms. The fourth-order valence-corrected chi connectivity index (χ4v) is 1.74. The molecule has 0 spiro atoms. The van der Waals surface area contributed by atoms with Crippen molar-refractivity contribution in [3.63, 3.8) is 0 Å². The summed E-state index contributed by atoms with van der Waals surface area (Å²) in [5, 5.41) is 9.86. The van der Waals surface area contributed by atoms with Gasteiger partial charge in [0.15, 0.2) is 11.5 Å². The molecule has 0 fully saturated rings. The van der Waals surface area contributed by atoms with Crippen molar-refractivity contribution in [1.29, 1.82) is 0 Å². The van der Waals surface area contributed by atoms with Crippen molar-refractivity contribution < 1.29 is 14.6 Å². The Morgan fingerprint density at radius 3 is 2.18 bits per heavy atom. The highest BCUT2D eigenvalue weighted by molar-refractivity contribution is 5.70. The zero-order valence-electron chi connectivity index (χ0n) is 9.81. The van der Waals surface area contributed by atoms with Crippen LogP contribution in [0.2, 0.25) is 0 Å². The Bertz CT molecular complexity index is 506. The van der Waals surface area contributed by atoms with E-state index in [1.54, 1.807) is 13.2 Å². The van der Waals surface area contributed by atoms with Gasteiger partial charge in [0.2, 0.25) is 5.75 Å². The van der Waals surface area contributed by atoms with E-state index in [1.165, 1.54) is 7.11 Å². The fraction of sp³-hybridized carbons (Fsp3) is 0.143. The van der Waals surface area contributed by atoms with E-state index in [2.05, 4.69) is 0 Å². The van der Waals surface area contributed by atoms with Crippen molar-refractivity contribution in [2.24, 2.45) is 0 Å². The lowest BCUT2D eigenvalue weighted by Crippen LogP contribution is -1.91. The van der Waals surface area contributed by atoms with Crippen LogP contribution in [0.1, 0.15) is 0 Å². The van der Waals surface area contributed by atoms with Gasteiger partial charge in [0.25, 0.3) is 0 Å². The molecule has 88 valence electrons. The van der Waals surface area contributed by atoms with Crippen molar-refractivity contribution >= 4 is 0 Å². The number of benzene rings is 2. The third-order valence-corrected chi connectivity index (χ3v) is 2.57. The van der Waals surface area contributed by atoms with Gasteiger partial charge in [0.1, 0.15) is 0 Å². The van der Waals surface area contributed by atoms with Crippen LogP contribution in [0.25, 0.3) is 11.1 Å². The summed E-state index contributed by atoms with van der Waals surface area (Å²) in [6, 6.07) is 13.3. The zero-order chi connectivity index (χ0) is 12.3. The molecule has 0 heterocycles.